The van der Waals surface area contributed by atoms with Gasteiger partial charge in [0, 0.05) is 21.5 Å². The minimum Gasteiger partial charge on any atom is -0.473 e. The summed E-state index contributed by atoms with van der Waals surface area (Å²) in [6, 6.07) is 19.3. The van der Waals surface area contributed by atoms with Crippen molar-refractivity contribution in [2.75, 3.05) is 0 Å². The van der Waals surface area contributed by atoms with Gasteiger partial charge in [-0.25, -0.2) is 4.98 Å². The van der Waals surface area contributed by atoms with E-state index in [0.29, 0.717) is 18.1 Å². The average Bonchev–Trinajstić information content (AvgIpc) is 2.53. The lowest BCUT2D eigenvalue weighted by atomic mass is 10.1. The van der Waals surface area contributed by atoms with Crippen molar-refractivity contribution in [3.05, 3.63) is 70.2 Å². The SMILES string of the molecule is N#Cc1cc(OCc2ccccc2Br)nc2ccccc12. The van der Waals surface area contributed by atoms with Gasteiger partial charge in [0.25, 0.3) is 0 Å². The first-order chi connectivity index (χ1) is 10.3. The Morgan fingerprint density at radius 2 is 1.86 bits per heavy atom. The van der Waals surface area contributed by atoms with Crippen LogP contribution in [-0.4, -0.2) is 4.98 Å². The second kappa shape index (κ2) is 5.94. The summed E-state index contributed by atoms with van der Waals surface area (Å²) >= 11 is 3.48. The molecular formula is C17H11BrN2O. The van der Waals surface area contributed by atoms with Gasteiger partial charge in [0.2, 0.25) is 5.88 Å². The van der Waals surface area contributed by atoms with Crippen LogP contribution >= 0.6 is 15.9 Å². The van der Waals surface area contributed by atoms with E-state index in [4.69, 9.17) is 4.74 Å². The number of rotatable bonds is 3. The summed E-state index contributed by atoms with van der Waals surface area (Å²) in [5.74, 6) is 0.459. The number of hydrogen-bond acceptors (Lipinski definition) is 3. The lowest BCUT2D eigenvalue weighted by Crippen LogP contribution is -1.99. The molecule has 0 atom stereocenters. The molecule has 0 saturated carbocycles. The third-order valence-electron chi connectivity index (χ3n) is 3.15. The number of para-hydroxylation sites is 1. The molecule has 3 rings (SSSR count). The number of nitrogens with zero attached hydrogens (tertiary/aromatic N) is 2. The first-order valence-electron chi connectivity index (χ1n) is 6.44. The summed E-state index contributed by atoms with van der Waals surface area (Å²) < 4.78 is 6.72. The Hall–Kier alpha value is -2.38. The van der Waals surface area contributed by atoms with Crippen LogP contribution in [0.2, 0.25) is 0 Å². The maximum Gasteiger partial charge on any atom is 0.215 e. The van der Waals surface area contributed by atoms with Gasteiger partial charge in [-0.2, -0.15) is 5.26 Å². The number of benzene rings is 2. The Morgan fingerprint density at radius 3 is 2.67 bits per heavy atom. The highest BCUT2D eigenvalue weighted by atomic mass is 79.9. The fraction of sp³-hybridized carbons (Fsp3) is 0.0588. The van der Waals surface area contributed by atoms with Crippen LogP contribution in [0.15, 0.2) is 59.1 Å². The Morgan fingerprint density at radius 1 is 1.10 bits per heavy atom. The van der Waals surface area contributed by atoms with Crippen LogP contribution in [0.3, 0.4) is 0 Å². The van der Waals surface area contributed by atoms with E-state index in [2.05, 4.69) is 27.0 Å². The number of pyridine rings is 1. The van der Waals surface area contributed by atoms with E-state index in [9.17, 15) is 5.26 Å². The highest BCUT2D eigenvalue weighted by Crippen LogP contribution is 2.23. The maximum absolute atomic E-state index is 9.25. The first kappa shape index (κ1) is 13.6. The summed E-state index contributed by atoms with van der Waals surface area (Å²) in [5.41, 5.74) is 2.37. The smallest absolute Gasteiger partial charge is 0.215 e. The second-order valence-electron chi connectivity index (χ2n) is 4.52. The summed E-state index contributed by atoms with van der Waals surface area (Å²) in [6.07, 6.45) is 0. The van der Waals surface area contributed by atoms with Crippen LogP contribution in [0.5, 0.6) is 5.88 Å². The number of fused-ring (bicyclic) bond motifs is 1. The predicted molar refractivity (Wildman–Crippen MR) is 84.9 cm³/mol. The Bertz CT molecular complexity index is 840. The van der Waals surface area contributed by atoms with E-state index in [-0.39, 0.29) is 0 Å². The number of ether oxygens (including phenoxy) is 1. The molecule has 0 bridgehead atoms. The first-order valence-corrected chi connectivity index (χ1v) is 7.23. The molecule has 0 aliphatic heterocycles. The molecule has 0 aliphatic rings. The molecule has 0 fully saturated rings. The molecule has 4 heteroatoms. The third-order valence-corrected chi connectivity index (χ3v) is 3.92. The van der Waals surface area contributed by atoms with Gasteiger partial charge < -0.3 is 4.74 Å². The monoisotopic (exact) mass is 338 g/mol. The maximum atomic E-state index is 9.25. The normalized spacial score (nSPS) is 10.3. The summed E-state index contributed by atoms with van der Waals surface area (Å²) in [7, 11) is 0. The lowest BCUT2D eigenvalue weighted by molar-refractivity contribution is 0.294. The van der Waals surface area contributed by atoms with Gasteiger partial charge in [-0.05, 0) is 12.1 Å². The zero-order chi connectivity index (χ0) is 14.7. The Kier molecular flexibility index (Phi) is 3.85. The second-order valence-corrected chi connectivity index (χ2v) is 5.37. The topological polar surface area (TPSA) is 45.9 Å². The molecule has 2 aromatic carbocycles. The van der Waals surface area contributed by atoms with E-state index < -0.39 is 0 Å². The fourth-order valence-corrected chi connectivity index (χ4v) is 2.48. The van der Waals surface area contributed by atoms with Gasteiger partial charge >= 0.3 is 0 Å². The molecule has 0 amide bonds. The van der Waals surface area contributed by atoms with E-state index in [1.165, 1.54) is 0 Å². The number of halogens is 1. The minimum atomic E-state index is 0.400. The van der Waals surface area contributed by atoms with Gasteiger partial charge in [-0.1, -0.05) is 52.3 Å². The van der Waals surface area contributed by atoms with Crippen molar-refractivity contribution in [2.24, 2.45) is 0 Å². The molecule has 1 heterocycles. The quantitative estimate of drug-likeness (QED) is 0.708. The number of hydrogen-bond donors (Lipinski definition) is 0. The molecule has 1 aromatic heterocycles. The Labute approximate surface area is 130 Å². The molecule has 0 radical (unpaired) electrons. The average molecular weight is 339 g/mol. The molecule has 0 saturated heterocycles. The van der Waals surface area contributed by atoms with Crippen molar-refractivity contribution >= 4 is 26.8 Å². The van der Waals surface area contributed by atoms with Crippen molar-refractivity contribution in [1.82, 2.24) is 4.98 Å². The molecule has 0 spiro atoms. The van der Waals surface area contributed by atoms with Crippen LogP contribution in [-0.2, 0) is 6.61 Å². The molecule has 3 aromatic rings. The lowest BCUT2D eigenvalue weighted by Gasteiger charge is -2.08. The van der Waals surface area contributed by atoms with Crippen molar-refractivity contribution in [3.63, 3.8) is 0 Å². The van der Waals surface area contributed by atoms with Crippen LogP contribution < -0.4 is 4.74 Å². The summed E-state index contributed by atoms with van der Waals surface area (Å²) in [6.45, 7) is 0.400. The van der Waals surface area contributed by atoms with Crippen LogP contribution in [0.4, 0.5) is 0 Å². The van der Waals surface area contributed by atoms with Crippen LogP contribution in [0.25, 0.3) is 10.9 Å². The van der Waals surface area contributed by atoms with Gasteiger partial charge in [0.05, 0.1) is 11.1 Å². The van der Waals surface area contributed by atoms with Gasteiger partial charge in [0.15, 0.2) is 0 Å². The summed E-state index contributed by atoms with van der Waals surface area (Å²) in [4.78, 5) is 4.44. The molecular weight excluding hydrogens is 328 g/mol. The van der Waals surface area contributed by atoms with Gasteiger partial charge in [-0.3, -0.25) is 0 Å². The fourth-order valence-electron chi connectivity index (χ4n) is 2.08. The van der Waals surface area contributed by atoms with Gasteiger partial charge in [-0.15, -0.1) is 0 Å². The van der Waals surface area contributed by atoms with E-state index in [1.54, 1.807) is 6.07 Å². The van der Waals surface area contributed by atoms with E-state index in [0.717, 1.165) is 20.9 Å². The molecule has 0 N–H and O–H groups in total. The predicted octanol–water partition coefficient (Wildman–Crippen LogP) is 4.45. The van der Waals surface area contributed by atoms with Gasteiger partial charge in [0.1, 0.15) is 12.7 Å². The van der Waals surface area contributed by atoms with Crippen molar-refractivity contribution in [1.29, 1.82) is 5.26 Å². The third kappa shape index (κ3) is 2.88. The van der Waals surface area contributed by atoms with E-state index in [1.807, 2.05) is 48.5 Å². The molecule has 3 nitrogen and oxygen atoms in total. The number of nitriles is 1. The highest BCUT2D eigenvalue weighted by molar-refractivity contribution is 9.10. The largest absolute Gasteiger partial charge is 0.473 e. The van der Waals surface area contributed by atoms with Crippen LogP contribution in [0.1, 0.15) is 11.1 Å². The summed E-state index contributed by atoms with van der Waals surface area (Å²) in [5, 5.41) is 10.1. The highest BCUT2D eigenvalue weighted by Gasteiger charge is 2.07. The zero-order valence-corrected chi connectivity index (χ0v) is 12.7. The standard InChI is InChI=1S/C17H11BrN2O/c18-15-7-3-1-5-12(15)11-21-17-9-13(10-19)14-6-2-4-8-16(14)20-17/h1-9H,11H2. The molecule has 21 heavy (non-hydrogen) atoms. The number of aromatic nitrogens is 1. The minimum absolute atomic E-state index is 0.400. The van der Waals surface area contributed by atoms with E-state index >= 15 is 0 Å². The molecule has 0 aliphatic carbocycles. The van der Waals surface area contributed by atoms with Crippen LogP contribution in [0, 0.1) is 11.3 Å². The van der Waals surface area contributed by atoms with Crippen molar-refractivity contribution in [3.8, 4) is 11.9 Å². The van der Waals surface area contributed by atoms with Crippen molar-refractivity contribution < 1.29 is 4.74 Å². The Balaban J connectivity index is 1.91. The van der Waals surface area contributed by atoms with Crippen molar-refractivity contribution in [2.45, 2.75) is 6.61 Å². The molecule has 0 unspecified atom stereocenters. The molecule has 102 valence electrons. The zero-order valence-electron chi connectivity index (χ0n) is 11.1.